The van der Waals surface area contributed by atoms with Crippen LogP contribution >= 0.6 is 0 Å². The van der Waals surface area contributed by atoms with Gasteiger partial charge in [0.25, 0.3) is 0 Å². The van der Waals surface area contributed by atoms with Gasteiger partial charge in [-0.2, -0.15) is 15.8 Å². The minimum Gasteiger partial charge on any atom is -0.310 e. The van der Waals surface area contributed by atoms with Gasteiger partial charge in [-0.15, -0.1) is 0 Å². The topological polar surface area (TPSA) is 86.2 Å². The summed E-state index contributed by atoms with van der Waals surface area (Å²) in [5, 5.41) is 41.2. The average molecular weight is 921 g/mol. The third-order valence-corrected chi connectivity index (χ3v) is 14.0. The molecule has 3 aromatic heterocycles. The van der Waals surface area contributed by atoms with Gasteiger partial charge in [-0.1, -0.05) is 166 Å². The maximum atomic E-state index is 11.4. The van der Waals surface area contributed by atoms with E-state index >= 15 is 0 Å². The molecule has 0 fully saturated rings. The van der Waals surface area contributed by atoms with Crippen LogP contribution in [0.5, 0.6) is 0 Å². The summed E-state index contributed by atoms with van der Waals surface area (Å²) in [6.07, 6.45) is 8.92. The number of allylic oxidation sites excluding steroid dienone is 6. The summed E-state index contributed by atoms with van der Waals surface area (Å²) in [5.74, 6) is 0. The molecule has 72 heavy (non-hydrogen) atoms. The first-order valence-corrected chi connectivity index (χ1v) is 24.3. The van der Waals surface area contributed by atoms with Crippen molar-refractivity contribution in [3.05, 3.63) is 241 Å². The molecule has 0 spiro atoms. The largest absolute Gasteiger partial charge is 0.310 e. The van der Waals surface area contributed by atoms with Crippen LogP contribution in [-0.2, 0) is 0 Å². The van der Waals surface area contributed by atoms with Crippen molar-refractivity contribution in [1.29, 1.82) is 15.8 Å². The van der Waals surface area contributed by atoms with Gasteiger partial charge in [-0.3, -0.25) is 0 Å². The molecular formula is C66H44N6. The lowest BCUT2D eigenvalue weighted by Crippen LogP contribution is -2.05. The quantitative estimate of drug-likeness (QED) is 0.166. The summed E-state index contributed by atoms with van der Waals surface area (Å²) in [5.41, 5.74) is 13.8. The predicted octanol–water partition coefficient (Wildman–Crippen LogP) is 16.8. The van der Waals surface area contributed by atoms with E-state index in [1.807, 2.05) is 44.2 Å². The van der Waals surface area contributed by atoms with Gasteiger partial charge in [-0.25, -0.2) is 0 Å². The van der Waals surface area contributed by atoms with E-state index < -0.39 is 0 Å². The second kappa shape index (κ2) is 17.9. The molecule has 0 saturated heterocycles. The Morgan fingerprint density at radius 3 is 0.972 bits per heavy atom. The summed E-state index contributed by atoms with van der Waals surface area (Å²) in [6, 6.07) is 74.3. The highest BCUT2D eigenvalue weighted by Crippen LogP contribution is 2.45. The highest BCUT2D eigenvalue weighted by molar-refractivity contribution is 6.12. The van der Waals surface area contributed by atoms with Gasteiger partial charge in [0.05, 0.1) is 49.8 Å². The molecule has 1 aliphatic rings. The smallest absolute Gasteiger partial charge is 0.101 e. The van der Waals surface area contributed by atoms with Crippen molar-refractivity contribution in [1.82, 2.24) is 13.7 Å². The Morgan fingerprint density at radius 1 is 0.333 bits per heavy atom. The van der Waals surface area contributed by atoms with Gasteiger partial charge in [0, 0.05) is 66.1 Å². The molecular weight excluding hydrogens is 877 g/mol. The zero-order valence-electron chi connectivity index (χ0n) is 39.7. The Bertz CT molecular complexity index is 4040. The van der Waals surface area contributed by atoms with E-state index in [2.05, 4.69) is 220 Å². The molecule has 6 heteroatoms. The SMILES string of the molecule is CC.N#Cc1c(C2=CCC=C(n3c4ccccc4c4ccccc43)C=C2)c(C#N)c(-c2ccc(-n3c4ccccc4c4ccccc43)cc2)c(C#N)c1-c1ccc(-n2c3ccccc3c3ccccc32)cc1. The minimum atomic E-state index is 0.272. The molecule has 0 aliphatic heterocycles. The summed E-state index contributed by atoms with van der Waals surface area (Å²) in [6.45, 7) is 4.00. The van der Waals surface area contributed by atoms with Gasteiger partial charge >= 0.3 is 0 Å². The normalized spacial score (nSPS) is 12.3. The van der Waals surface area contributed by atoms with Crippen molar-refractivity contribution in [3.8, 4) is 51.8 Å². The van der Waals surface area contributed by atoms with Crippen LogP contribution in [0.3, 0.4) is 0 Å². The standard InChI is InChI=1S/C64H38N6.C2H6/c65-38-53-62(41-14-13-15-44(33-28-41)68-56-22-7-1-16-47(56)48-17-2-8-23-57(48)68)54(39-66)64(43-31-36-46(37-32-43)70-60-26-11-5-20-51(60)52-21-6-12-27-61(52)70)55(40-67)63(53)42-29-34-45(35-30-42)69-58-24-9-3-18-49(58)50-19-4-10-25-59(50)69;1-2/h1-12,14-37H,13H2;1-2H3. The second-order valence-corrected chi connectivity index (χ2v) is 17.6. The molecule has 0 bridgehead atoms. The van der Waals surface area contributed by atoms with Crippen LogP contribution in [0, 0.1) is 34.0 Å². The molecule has 0 unspecified atom stereocenters. The first kappa shape index (κ1) is 43.4. The molecule has 13 rings (SSSR count). The van der Waals surface area contributed by atoms with E-state index in [4.69, 9.17) is 0 Å². The summed E-state index contributed by atoms with van der Waals surface area (Å²) >= 11 is 0. The maximum Gasteiger partial charge on any atom is 0.101 e. The number of nitriles is 3. The maximum absolute atomic E-state index is 11.4. The van der Waals surface area contributed by atoms with E-state index in [-0.39, 0.29) is 16.7 Å². The lowest BCUT2D eigenvalue weighted by Gasteiger charge is -2.20. The second-order valence-electron chi connectivity index (χ2n) is 17.6. The highest BCUT2D eigenvalue weighted by Gasteiger charge is 2.28. The third-order valence-electron chi connectivity index (χ3n) is 14.0. The number of aromatic nitrogens is 3. The molecule has 12 aromatic rings. The van der Waals surface area contributed by atoms with Crippen molar-refractivity contribution in [2.24, 2.45) is 0 Å². The number of hydrogen-bond donors (Lipinski definition) is 0. The number of nitrogens with zero attached hydrogens (tertiary/aromatic N) is 6. The van der Waals surface area contributed by atoms with Gasteiger partial charge in [0.2, 0.25) is 0 Å². The monoisotopic (exact) mass is 920 g/mol. The van der Waals surface area contributed by atoms with Crippen molar-refractivity contribution in [2.75, 3.05) is 0 Å². The van der Waals surface area contributed by atoms with E-state index in [1.165, 1.54) is 0 Å². The Hall–Kier alpha value is -9.93. The van der Waals surface area contributed by atoms with Crippen molar-refractivity contribution in [3.63, 3.8) is 0 Å². The fourth-order valence-corrected chi connectivity index (χ4v) is 11.1. The van der Waals surface area contributed by atoms with E-state index in [1.54, 1.807) is 0 Å². The summed E-state index contributed by atoms with van der Waals surface area (Å²) < 4.78 is 6.78. The van der Waals surface area contributed by atoms with Crippen molar-refractivity contribution in [2.45, 2.75) is 20.3 Å². The predicted molar refractivity (Wildman–Crippen MR) is 297 cm³/mol. The fourth-order valence-electron chi connectivity index (χ4n) is 11.1. The van der Waals surface area contributed by atoms with Crippen LogP contribution < -0.4 is 0 Å². The average Bonchev–Trinajstić information content (AvgIpc) is 4.01. The zero-order chi connectivity index (χ0) is 48.9. The van der Waals surface area contributed by atoms with Gasteiger partial charge in [0.1, 0.15) is 18.2 Å². The van der Waals surface area contributed by atoms with Crippen LogP contribution in [0.25, 0.3) is 110 Å². The molecule has 1 aliphatic carbocycles. The highest BCUT2D eigenvalue weighted by atomic mass is 15.0. The fraction of sp³-hybridized carbons (Fsp3) is 0.0455. The number of rotatable bonds is 6. The van der Waals surface area contributed by atoms with Crippen molar-refractivity contribution < 1.29 is 0 Å². The lowest BCUT2D eigenvalue weighted by atomic mass is 9.80. The van der Waals surface area contributed by atoms with Crippen LogP contribution in [-0.4, -0.2) is 13.7 Å². The molecule has 0 amide bonds. The van der Waals surface area contributed by atoms with Crippen LogP contribution in [0.15, 0.2) is 218 Å². The molecule has 9 aromatic carbocycles. The van der Waals surface area contributed by atoms with Gasteiger partial charge in [-0.05, 0) is 89.9 Å². The van der Waals surface area contributed by atoms with Gasteiger partial charge < -0.3 is 13.7 Å². The molecule has 6 nitrogen and oxygen atoms in total. The molecule has 0 saturated carbocycles. The summed E-state index contributed by atoms with van der Waals surface area (Å²) in [4.78, 5) is 0. The summed E-state index contributed by atoms with van der Waals surface area (Å²) in [7, 11) is 0. The molecule has 0 radical (unpaired) electrons. The van der Waals surface area contributed by atoms with E-state index in [9.17, 15) is 15.8 Å². The van der Waals surface area contributed by atoms with Crippen LogP contribution in [0.2, 0.25) is 0 Å². The Morgan fingerprint density at radius 2 is 0.639 bits per heavy atom. The Labute approximate surface area is 417 Å². The lowest BCUT2D eigenvalue weighted by molar-refractivity contribution is 1.18. The number of hydrogen-bond acceptors (Lipinski definition) is 3. The Kier molecular flexibility index (Phi) is 10.8. The first-order chi connectivity index (χ1) is 35.6. The number of benzene rings is 9. The van der Waals surface area contributed by atoms with Crippen molar-refractivity contribution >= 4 is 76.7 Å². The van der Waals surface area contributed by atoms with E-state index in [0.29, 0.717) is 34.2 Å². The van der Waals surface area contributed by atoms with E-state index in [0.717, 1.165) is 88.1 Å². The molecule has 3 heterocycles. The zero-order valence-corrected chi connectivity index (χ0v) is 39.7. The third kappa shape index (κ3) is 6.69. The first-order valence-electron chi connectivity index (χ1n) is 24.3. The van der Waals surface area contributed by atoms with Crippen LogP contribution in [0.1, 0.15) is 42.5 Å². The molecule has 338 valence electrons. The number of fused-ring (bicyclic) bond motifs is 9. The van der Waals surface area contributed by atoms with Gasteiger partial charge in [0.15, 0.2) is 0 Å². The molecule has 0 atom stereocenters. The molecule has 0 N–H and O–H groups in total. The minimum absolute atomic E-state index is 0.272. The van der Waals surface area contributed by atoms with Crippen LogP contribution in [0.4, 0.5) is 0 Å². The number of para-hydroxylation sites is 6. The Balaban J connectivity index is 0.00000262.